The standard InChI is InChI=1S/C17H29FN4S.ClH/c1-13-20-15(10-23-13)8-22-7-14(18)6-16(22)9-21(3)12-17(2)4-5-19-11-17;/h10,14,16,19H,4-9,11-12H2,1-3H3;1H/t14-,16-,17?;/m0./s1. The van der Waals surface area contributed by atoms with Crippen LogP contribution in [0.5, 0.6) is 0 Å². The Hall–Kier alpha value is -0.270. The Morgan fingerprint density at radius 3 is 2.96 bits per heavy atom. The zero-order valence-corrected chi connectivity index (χ0v) is 16.6. The van der Waals surface area contributed by atoms with Gasteiger partial charge in [-0.25, -0.2) is 9.37 Å². The molecule has 3 rings (SSSR count). The van der Waals surface area contributed by atoms with Crippen molar-refractivity contribution in [2.24, 2.45) is 5.41 Å². The average molecular weight is 377 g/mol. The Bertz CT molecular complexity index is 520. The molecule has 0 spiro atoms. The minimum Gasteiger partial charge on any atom is -0.316 e. The molecule has 0 radical (unpaired) electrons. The third kappa shape index (κ3) is 5.11. The van der Waals surface area contributed by atoms with Gasteiger partial charge in [0.25, 0.3) is 0 Å². The van der Waals surface area contributed by atoms with Gasteiger partial charge in [0.1, 0.15) is 6.17 Å². The topological polar surface area (TPSA) is 31.4 Å². The van der Waals surface area contributed by atoms with Crippen molar-refractivity contribution in [3.63, 3.8) is 0 Å². The van der Waals surface area contributed by atoms with Crippen molar-refractivity contribution in [2.75, 3.05) is 39.8 Å². The zero-order valence-electron chi connectivity index (χ0n) is 14.9. The van der Waals surface area contributed by atoms with E-state index in [9.17, 15) is 4.39 Å². The molecule has 1 aromatic heterocycles. The molecule has 0 saturated carbocycles. The van der Waals surface area contributed by atoms with E-state index in [2.05, 4.69) is 39.5 Å². The van der Waals surface area contributed by atoms with E-state index in [4.69, 9.17) is 0 Å². The highest BCUT2D eigenvalue weighted by Gasteiger charge is 2.35. The molecular weight excluding hydrogens is 347 g/mol. The molecule has 0 amide bonds. The average Bonchev–Trinajstić information content (AvgIpc) is 3.13. The molecule has 7 heteroatoms. The lowest BCUT2D eigenvalue weighted by Gasteiger charge is -2.33. The van der Waals surface area contributed by atoms with E-state index in [1.807, 2.05) is 6.92 Å². The second-order valence-corrected chi connectivity index (χ2v) is 8.77. The smallest absolute Gasteiger partial charge is 0.114 e. The summed E-state index contributed by atoms with van der Waals surface area (Å²) in [5, 5.41) is 6.65. The van der Waals surface area contributed by atoms with Gasteiger partial charge in [-0.3, -0.25) is 4.90 Å². The molecule has 3 atom stereocenters. The summed E-state index contributed by atoms with van der Waals surface area (Å²) in [5.41, 5.74) is 1.44. The maximum absolute atomic E-state index is 14.0. The monoisotopic (exact) mass is 376 g/mol. The first-order valence-corrected chi connectivity index (χ1v) is 9.50. The third-order valence-electron chi connectivity index (χ3n) is 5.14. The van der Waals surface area contributed by atoms with Crippen LogP contribution in [-0.4, -0.2) is 66.8 Å². The van der Waals surface area contributed by atoms with Crippen LogP contribution in [0, 0.1) is 12.3 Å². The number of halogens is 2. The summed E-state index contributed by atoms with van der Waals surface area (Å²) in [6.07, 6.45) is 1.19. The number of hydrogen-bond donors (Lipinski definition) is 1. The lowest BCUT2D eigenvalue weighted by atomic mass is 9.89. The number of likely N-dealkylation sites (tertiary alicyclic amines) is 1. The lowest BCUT2D eigenvalue weighted by Crippen LogP contribution is -2.43. The predicted molar refractivity (Wildman–Crippen MR) is 101 cm³/mol. The Labute approximate surface area is 155 Å². The number of nitrogens with one attached hydrogen (secondary N) is 1. The van der Waals surface area contributed by atoms with Gasteiger partial charge in [-0.15, -0.1) is 23.7 Å². The number of rotatable bonds is 6. The maximum atomic E-state index is 14.0. The molecule has 2 aliphatic heterocycles. The van der Waals surface area contributed by atoms with Gasteiger partial charge < -0.3 is 10.2 Å². The molecule has 0 bridgehead atoms. The van der Waals surface area contributed by atoms with Crippen LogP contribution in [0.2, 0.25) is 0 Å². The van der Waals surface area contributed by atoms with Gasteiger partial charge in [-0.05, 0) is 38.8 Å². The van der Waals surface area contributed by atoms with E-state index in [-0.39, 0.29) is 12.4 Å². The minimum atomic E-state index is -0.697. The number of aryl methyl sites for hydroxylation is 1. The summed E-state index contributed by atoms with van der Waals surface area (Å²) < 4.78 is 14.0. The van der Waals surface area contributed by atoms with Gasteiger partial charge >= 0.3 is 0 Å². The minimum absolute atomic E-state index is 0. The molecular formula is C17H30ClFN4S. The molecule has 1 unspecified atom stereocenters. The van der Waals surface area contributed by atoms with Crippen molar-refractivity contribution >= 4 is 23.7 Å². The summed E-state index contributed by atoms with van der Waals surface area (Å²) >= 11 is 1.68. The van der Waals surface area contributed by atoms with Crippen LogP contribution in [0.1, 0.15) is 30.5 Å². The van der Waals surface area contributed by atoms with Gasteiger partial charge in [0.05, 0.1) is 10.7 Å². The van der Waals surface area contributed by atoms with Gasteiger partial charge in [0.2, 0.25) is 0 Å². The fourth-order valence-electron chi connectivity index (χ4n) is 4.07. The number of alkyl halides is 1. The van der Waals surface area contributed by atoms with Crippen LogP contribution in [0.3, 0.4) is 0 Å². The first kappa shape index (κ1) is 20.0. The molecule has 1 aromatic rings. The molecule has 2 saturated heterocycles. The van der Waals surface area contributed by atoms with Crippen LogP contribution >= 0.6 is 23.7 Å². The third-order valence-corrected chi connectivity index (χ3v) is 5.96. The second kappa shape index (κ2) is 8.41. The highest BCUT2D eigenvalue weighted by atomic mass is 35.5. The van der Waals surface area contributed by atoms with Crippen LogP contribution in [0.4, 0.5) is 4.39 Å². The van der Waals surface area contributed by atoms with E-state index in [0.717, 1.165) is 43.4 Å². The van der Waals surface area contributed by atoms with Crippen molar-refractivity contribution in [2.45, 2.75) is 45.4 Å². The summed E-state index contributed by atoms with van der Waals surface area (Å²) in [4.78, 5) is 9.22. The van der Waals surface area contributed by atoms with Crippen molar-refractivity contribution < 1.29 is 4.39 Å². The first-order chi connectivity index (χ1) is 10.9. The largest absolute Gasteiger partial charge is 0.316 e. The Kier molecular flexibility index (Phi) is 7.02. The summed E-state index contributed by atoms with van der Waals surface area (Å²) in [6, 6.07) is 0.301. The van der Waals surface area contributed by atoms with Gasteiger partial charge in [0, 0.05) is 44.1 Å². The highest BCUT2D eigenvalue weighted by molar-refractivity contribution is 7.09. The molecule has 138 valence electrons. The SMILES string of the molecule is Cc1nc(CN2C[C@@H](F)C[C@H]2CN(C)CC2(C)CCNC2)cs1.Cl. The molecule has 1 N–H and O–H groups in total. The number of thiazole rings is 1. The molecule has 24 heavy (non-hydrogen) atoms. The summed E-state index contributed by atoms with van der Waals surface area (Å²) in [6.45, 7) is 9.95. The van der Waals surface area contributed by atoms with E-state index >= 15 is 0 Å². The number of nitrogens with zero attached hydrogens (tertiary/aromatic N) is 3. The van der Waals surface area contributed by atoms with Crippen molar-refractivity contribution in [1.82, 2.24) is 20.1 Å². The Balaban J connectivity index is 0.00000208. The molecule has 2 fully saturated rings. The van der Waals surface area contributed by atoms with Crippen LogP contribution in [0.15, 0.2) is 5.38 Å². The maximum Gasteiger partial charge on any atom is 0.114 e. The molecule has 2 aliphatic rings. The van der Waals surface area contributed by atoms with E-state index in [0.29, 0.717) is 24.4 Å². The van der Waals surface area contributed by atoms with Crippen molar-refractivity contribution in [3.05, 3.63) is 16.1 Å². The number of aromatic nitrogens is 1. The predicted octanol–water partition coefficient (Wildman–Crippen LogP) is 2.72. The molecule has 0 aliphatic carbocycles. The van der Waals surface area contributed by atoms with Gasteiger partial charge in [-0.1, -0.05) is 6.92 Å². The Morgan fingerprint density at radius 2 is 2.33 bits per heavy atom. The normalized spacial score (nSPS) is 30.9. The van der Waals surface area contributed by atoms with Crippen LogP contribution < -0.4 is 5.32 Å². The zero-order chi connectivity index (χ0) is 16.4. The van der Waals surface area contributed by atoms with Crippen molar-refractivity contribution in [3.8, 4) is 0 Å². The lowest BCUT2D eigenvalue weighted by molar-refractivity contribution is 0.148. The van der Waals surface area contributed by atoms with E-state index in [1.54, 1.807) is 11.3 Å². The number of hydrogen-bond acceptors (Lipinski definition) is 5. The fourth-order valence-corrected chi connectivity index (χ4v) is 4.68. The second-order valence-electron chi connectivity index (χ2n) is 7.71. The molecule has 3 heterocycles. The molecule has 0 aromatic carbocycles. The van der Waals surface area contributed by atoms with Crippen molar-refractivity contribution in [1.29, 1.82) is 0 Å². The quantitative estimate of drug-likeness (QED) is 0.827. The van der Waals surface area contributed by atoms with Crippen LogP contribution in [-0.2, 0) is 6.54 Å². The van der Waals surface area contributed by atoms with Crippen LogP contribution in [0.25, 0.3) is 0 Å². The highest BCUT2D eigenvalue weighted by Crippen LogP contribution is 2.27. The Morgan fingerprint density at radius 1 is 1.54 bits per heavy atom. The van der Waals surface area contributed by atoms with Gasteiger partial charge in [0.15, 0.2) is 0 Å². The molecule has 4 nitrogen and oxygen atoms in total. The van der Waals surface area contributed by atoms with E-state index < -0.39 is 6.17 Å². The van der Waals surface area contributed by atoms with E-state index in [1.165, 1.54) is 6.42 Å². The first-order valence-electron chi connectivity index (χ1n) is 8.62. The fraction of sp³-hybridized carbons (Fsp3) is 0.824. The van der Waals surface area contributed by atoms with Gasteiger partial charge in [-0.2, -0.15) is 0 Å². The number of likely N-dealkylation sites (N-methyl/N-ethyl adjacent to an activating group) is 1. The summed E-state index contributed by atoms with van der Waals surface area (Å²) in [7, 11) is 2.18. The summed E-state index contributed by atoms with van der Waals surface area (Å²) in [5.74, 6) is 0.